The minimum absolute atomic E-state index is 0.00193. The summed E-state index contributed by atoms with van der Waals surface area (Å²) < 4.78 is 5.64. The summed E-state index contributed by atoms with van der Waals surface area (Å²) >= 11 is 0. The van der Waals surface area contributed by atoms with Gasteiger partial charge in [0, 0.05) is 6.42 Å². The number of rotatable bonds is 4. The van der Waals surface area contributed by atoms with Crippen LogP contribution in [0.2, 0.25) is 0 Å². The molecule has 0 amide bonds. The number of benzene rings is 1. The number of aliphatic imine (C=N–C) groups is 1. The van der Waals surface area contributed by atoms with Crippen molar-refractivity contribution in [3.05, 3.63) is 28.8 Å². The SMILES string of the molecule is CC1(CO)COC(CCc2cc(C(C)(C)C)c(O)c(C(C)(C)C)c2)=N1. The molecule has 0 aromatic heterocycles. The molecule has 0 spiro atoms. The predicted octanol–water partition coefficient (Wildman–Crippen LogP) is 4.10. The Morgan fingerprint density at radius 3 is 1.96 bits per heavy atom. The van der Waals surface area contributed by atoms with E-state index in [0.717, 1.165) is 17.5 Å². The molecular weight excluding hydrogens is 314 g/mol. The fourth-order valence-electron chi connectivity index (χ4n) is 3.05. The summed E-state index contributed by atoms with van der Waals surface area (Å²) in [7, 11) is 0. The van der Waals surface area contributed by atoms with E-state index in [1.54, 1.807) is 0 Å². The predicted molar refractivity (Wildman–Crippen MR) is 103 cm³/mol. The van der Waals surface area contributed by atoms with E-state index in [2.05, 4.69) is 58.7 Å². The smallest absolute Gasteiger partial charge is 0.184 e. The van der Waals surface area contributed by atoms with E-state index in [9.17, 15) is 10.2 Å². The van der Waals surface area contributed by atoms with Crippen molar-refractivity contribution >= 4 is 5.90 Å². The van der Waals surface area contributed by atoms with Gasteiger partial charge in [-0.15, -0.1) is 0 Å². The van der Waals surface area contributed by atoms with Crippen molar-refractivity contribution in [1.29, 1.82) is 0 Å². The Hall–Kier alpha value is -1.55. The lowest BCUT2D eigenvalue weighted by Crippen LogP contribution is -2.28. The van der Waals surface area contributed by atoms with E-state index >= 15 is 0 Å². The van der Waals surface area contributed by atoms with Crippen LogP contribution in [0.5, 0.6) is 5.75 Å². The maximum atomic E-state index is 10.8. The third-order valence-electron chi connectivity index (χ3n) is 4.70. The van der Waals surface area contributed by atoms with Gasteiger partial charge in [0.1, 0.15) is 17.9 Å². The molecule has 2 N–H and O–H groups in total. The molecule has 1 aliphatic heterocycles. The minimum atomic E-state index is -0.503. The molecule has 1 aromatic carbocycles. The van der Waals surface area contributed by atoms with Gasteiger partial charge in [-0.25, -0.2) is 4.99 Å². The summed E-state index contributed by atoms with van der Waals surface area (Å²) in [5.74, 6) is 1.12. The molecule has 0 radical (unpaired) electrons. The number of hydrogen-bond acceptors (Lipinski definition) is 4. The third-order valence-corrected chi connectivity index (χ3v) is 4.70. The summed E-state index contributed by atoms with van der Waals surface area (Å²) in [5.41, 5.74) is 2.37. The number of phenols is 1. The molecule has 0 saturated heterocycles. The first kappa shape index (κ1) is 19.8. The van der Waals surface area contributed by atoms with Gasteiger partial charge in [-0.05, 0) is 40.9 Å². The van der Waals surface area contributed by atoms with Crippen molar-refractivity contribution in [3.63, 3.8) is 0 Å². The second-order valence-corrected chi connectivity index (χ2v) is 9.49. The first-order valence-corrected chi connectivity index (χ1v) is 9.05. The van der Waals surface area contributed by atoms with E-state index in [4.69, 9.17) is 4.74 Å². The number of aliphatic hydroxyl groups is 1. The van der Waals surface area contributed by atoms with Gasteiger partial charge in [0.15, 0.2) is 5.90 Å². The quantitative estimate of drug-likeness (QED) is 0.862. The van der Waals surface area contributed by atoms with Crippen molar-refractivity contribution in [2.75, 3.05) is 13.2 Å². The zero-order valence-electron chi connectivity index (χ0n) is 16.7. The van der Waals surface area contributed by atoms with Gasteiger partial charge in [0.05, 0.1) is 6.61 Å². The molecule has 0 fully saturated rings. The van der Waals surface area contributed by atoms with Crippen molar-refractivity contribution in [3.8, 4) is 5.75 Å². The monoisotopic (exact) mass is 347 g/mol. The maximum Gasteiger partial charge on any atom is 0.184 e. The third kappa shape index (κ3) is 4.55. The van der Waals surface area contributed by atoms with Crippen LogP contribution >= 0.6 is 0 Å². The van der Waals surface area contributed by atoms with Crippen LogP contribution in [0.15, 0.2) is 17.1 Å². The van der Waals surface area contributed by atoms with Crippen LogP contribution in [0, 0.1) is 0 Å². The molecule has 4 heteroatoms. The zero-order valence-corrected chi connectivity index (χ0v) is 16.7. The Bertz CT molecular complexity index is 630. The van der Waals surface area contributed by atoms with E-state index < -0.39 is 5.54 Å². The van der Waals surface area contributed by atoms with Crippen LogP contribution in [-0.2, 0) is 22.0 Å². The maximum absolute atomic E-state index is 10.8. The largest absolute Gasteiger partial charge is 0.507 e. The van der Waals surface area contributed by atoms with Crippen molar-refractivity contribution in [2.45, 2.75) is 77.7 Å². The first-order valence-electron chi connectivity index (χ1n) is 9.05. The lowest BCUT2D eigenvalue weighted by Gasteiger charge is -2.28. The summed E-state index contributed by atoms with van der Waals surface area (Å²) in [6, 6.07) is 4.21. The van der Waals surface area contributed by atoms with Gasteiger partial charge in [0.2, 0.25) is 0 Å². The van der Waals surface area contributed by atoms with E-state index in [1.165, 1.54) is 5.56 Å². The van der Waals surface area contributed by atoms with Gasteiger partial charge < -0.3 is 14.9 Å². The molecule has 0 aliphatic carbocycles. The Labute approximate surface area is 151 Å². The Morgan fingerprint density at radius 2 is 1.56 bits per heavy atom. The summed E-state index contributed by atoms with van der Waals surface area (Å²) in [6.07, 6.45) is 1.50. The number of aliphatic hydroxyl groups excluding tert-OH is 1. The van der Waals surface area contributed by atoms with Crippen molar-refractivity contribution in [2.24, 2.45) is 4.99 Å². The average molecular weight is 347 g/mol. The number of ether oxygens (including phenoxy) is 1. The zero-order chi connectivity index (χ0) is 19.0. The van der Waals surface area contributed by atoms with Gasteiger partial charge in [-0.1, -0.05) is 53.7 Å². The normalized spacial score (nSPS) is 21.2. The molecule has 0 saturated carbocycles. The minimum Gasteiger partial charge on any atom is -0.507 e. The molecule has 140 valence electrons. The lowest BCUT2D eigenvalue weighted by molar-refractivity contribution is 0.169. The number of aromatic hydroxyl groups is 1. The van der Waals surface area contributed by atoms with E-state index in [1.807, 2.05) is 6.92 Å². The van der Waals surface area contributed by atoms with Crippen LogP contribution in [0.1, 0.15) is 71.6 Å². The summed E-state index contributed by atoms with van der Waals surface area (Å²) in [4.78, 5) is 4.51. The van der Waals surface area contributed by atoms with Gasteiger partial charge in [0.25, 0.3) is 0 Å². The van der Waals surface area contributed by atoms with Crippen LogP contribution in [-0.4, -0.2) is 34.9 Å². The molecule has 4 nitrogen and oxygen atoms in total. The fourth-order valence-corrected chi connectivity index (χ4v) is 3.05. The highest BCUT2D eigenvalue weighted by atomic mass is 16.5. The Kier molecular flexibility index (Phi) is 5.25. The molecule has 1 heterocycles. The highest BCUT2D eigenvalue weighted by molar-refractivity contribution is 5.78. The lowest BCUT2D eigenvalue weighted by atomic mass is 9.78. The fraction of sp³-hybridized carbons (Fsp3) is 0.667. The van der Waals surface area contributed by atoms with Crippen molar-refractivity contribution < 1.29 is 14.9 Å². The Balaban J connectivity index is 2.31. The molecule has 1 atom stereocenters. The molecule has 1 unspecified atom stereocenters. The highest BCUT2D eigenvalue weighted by Crippen LogP contribution is 2.40. The average Bonchev–Trinajstić information content (AvgIpc) is 2.86. The number of aryl methyl sites for hydroxylation is 1. The van der Waals surface area contributed by atoms with Gasteiger partial charge in [-0.2, -0.15) is 0 Å². The number of nitrogens with zero attached hydrogens (tertiary/aromatic N) is 1. The molecule has 0 bridgehead atoms. The van der Waals surface area contributed by atoms with Gasteiger partial charge >= 0.3 is 0 Å². The van der Waals surface area contributed by atoms with E-state index in [-0.39, 0.29) is 17.4 Å². The van der Waals surface area contributed by atoms with Crippen molar-refractivity contribution in [1.82, 2.24) is 0 Å². The van der Waals surface area contributed by atoms with Crippen LogP contribution in [0.4, 0.5) is 0 Å². The summed E-state index contributed by atoms with van der Waals surface area (Å²) in [6.45, 7) is 15.1. The summed E-state index contributed by atoms with van der Waals surface area (Å²) in [5, 5.41) is 20.2. The molecule has 2 rings (SSSR count). The molecular formula is C21H33NO3. The molecule has 25 heavy (non-hydrogen) atoms. The van der Waals surface area contributed by atoms with Crippen LogP contribution in [0.3, 0.4) is 0 Å². The second kappa shape index (κ2) is 6.64. The van der Waals surface area contributed by atoms with Gasteiger partial charge in [-0.3, -0.25) is 0 Å². The highest BCUT2D eigenvalue weighted by Gasteiger charge is 2.31. The van der Waals surface area contributed by atoms with Crippen LogP contribution < -0.4 is 0 Å². The molecule has 1 aliphatic rings. The standard InChI is InChI=1S/C21H33NO3/c1-19(2,3)15-10-14(11-16(18(15)24)20(4,5)6)8-9-17-22-21(7,12-23)13-25-17/h10-11,23-24H,8-9,12-13H2,1-7H3. The van der Waals surface area contributed by atoms with Crippen LogP contribution in [0.25, 0.3) is 0 Å². The second-order valence-electron chi connectivity index (χ2n) is 9.49. The molecule has 1 aromatic rings. The topological polar surface area (TPSA) is 62.0 Å². The number of phenolic OH excluding ortho intramolecular Hbond substituents is 1. The Morgan fingerprint density at radius 1 is 1.04 bits per heavy atom. The van der Waals surface area contributed by atoms with E-state index in [0.29, 0.717) is 24.7 Å². The first-order chi connectivity index (χ1) is 11.4. The number of hydrogen-bond donors (Lipinski definition) is 2.